The van der Waals surface area contributed by atoms with Crippen molar-refractivity contribution in [3.63, 3.8) is 0 Å². The summed E-state index contributed by atoms with van der Waals surface area (Å²) in [6, 6.07) is 7.84. The highest BCUT2D eigenvalue weighted by atomic mass is 16.2. The van der Waals surface area contributed by atoms with Gasteiger partial charge in [0.25, 0.3) is 5.91 Å². The molecule has 1 amide bonds. The maximum absolute atomic E-state index is 13.4. The van der Waals surface area contributed by atoms with Gasteiger partial charge in [0, 0.05) is 56.9 Å². The van der Waals surface area contributed by atoms with Crippen LogP contribution in [0.4, 0.5) is 17.5 Å². The summed E-state index contributed by atoms with van der Waals surface area (Å²) in [7, 11) is 3.69. The van der Waals surface area contributed by atoms with Crippen LogP contribution in [0.5, 0.6) is 0 Å². The molecule has 1 unspecified atom stereocenters. The van der Waals surface area contributed by atoms with Crippen molar-refractivity contribution >= 4 is 34.9 Å². The van der Waals surface area contributed by atoms with Crippen molar-refractivity contribution in [3.05, 3.63) is 41.6 Å². The molecule has 0 radical (unpaired) electrons. The first-order valence-electron chi connectivity index (χ1n) is 11.2. The van der Waals surface area contributed by atoms with Gasteiger partial charge in [0.1, 0.15) is 11.4 Å². The smallest absolute Gasteiger partial charge is 0.263 e. The van der Waals surface area contributed by atoms with Crippen molar-refractivity contribution < 1.29 is 4.79 Å². The van der Waals surface area contributed by atoms with Crippen LogP contribution in [0.25, 0.3) is 0 Å². The fourth-order valence-electron chi connectivity index (χ4n) is 3.54. The van der Waals surface area contributed by atoms with E-state index < -0.39 is 0 Å². The largest absolute Gasteiger partial charge is 0.357 e. The van der Waals surface area contributed by atoms with Gasteiger partial charge in [0.2, 0.25) is 5.95 Å². The predicted octanol–water partition coefficient (Wildman–Crippen LogP) is 3.89. The molecular weight excluding hydrogens is 402 g/mol. The zero-order valence-electron chi connectivity index (χ0n) is 19.9. The standard InChI is InChI=1S/C24H33N7O/c1-7-16(3)17(4)28-21(25-5)18-10-9-11-19(14-18)31-13-12-30(6)22-20(23(31)32)15-27-24(29-22)26-8-2/h9-11,14-16H,7-8,12-13H2,1-6H3,(H,26,27,29). The fraction of sp³-hybridized carbons (Fsp3) is 0.458. The third-order valence-corrected chi connectivity index (χ3v) is 5.84. The second kappa shape index (κ2) is 10.3. The van der Waals surface area contributed by atoms with Crippen LogP contribution in [-0.2, 0) is 0 Å². The van der Waals surface area contributed by atoms with Crippen LogP contribution in [0, 0.1) is 5.92 Å². The number of rotatable bonds is 6. The molecule has 1 aliphatic rings. The Morgan fingerprint density at radius 3 is 2.75 bits per heavy atom. The summed E-state index contributed by atoms with van der Waals surface area (Å²) in [6.45, 7) is 10.3. The van der Waals surface area contributed by atoms with Gasteiger partial charge in [-0.1, -0.05) is 26.0 Å². The Bertz CT molecular complexity index is 1030. The molecule has 3 rings (SSSR count). The molecule has 0 spiro atoms. The van der Waals surface area contributed by atoms with Gasteiger partial charge in [0.05, 0.1) is 0 Å². The molecular formula is C24H33N7O. The van der Waals surface area contributed by atoms with Gasteiger partial charge in [-0.15, -0.1) is 0 Å². The first-order valence-corrected chi connectivity index (χ1v) is 11.2. The number of carbonyl (C=O) groups excluding carboxylic acids is 1. The summed E-state index contributed by atoms with van der Waals surface area (Å²) in [4.78, 5) is 35.3. The van der Waals surface area contributed by atoms with Crippen molar-refractivity contribution in [1.82, 2.24) is 9.97 Å². The molecule has 1 N–H and O–H groups in total. The third kappa shape index (κ3) is 4.95. The number of nitrogens with one attached hydrogen (secondary N) is 1. The molecule has 1 aromatic carbocycles. The fourth-order valence-corrected chi connectivity index (χ4v) is 3.54. The first kappa shape index (κ1) is 23.4. The number of likely N-dealkylation sites (N-methyl/N-ethyl adjacent to an activating group) is 1. The Morgan fingerprint density at radius 2 is 2.06 bits per heavy atom. The molecule has 1 aromatic heterocycles. The van der Waals surface area contributed by atoms with E-state index >= 15 is 0 Å². The number of fused-ring (bicyclic) bond motifs is 1. The van der Waals surface area contributed by atoms with E-state index in [0.29, 0.717) is 42.2 Å². The molecule has 0 saturated carbocycles. The van der Waals surface area contributed by atoms with Crippen LogP contribution in [0.1, 0.15) is 50.0 Å². The summed E-state index contributed by atoms with van der Waals surface area (Å²) in [6.07, 6.45) is 2.64. The second-order valence-electron chi connectivity index (χ2n) is 8.00. The summed E-state index contributed by atoms with van der Waals surface area (Å²) >= 11 is 0. The van der Waals surface area contributed by atoms with Gasteiger partial charge >= 0.3 is 0 Å². The minimum atomic E-state index is -0.112. The highest BCUT2D eigenvalue weighted by Gasteiger charge is 2.28. The Labute approximate surface area is 190 Å². The van der Waals surface area contributed by atoms with Crippen LogP contribution in [0.15, 0.2) is 40.4 Å². The average molecular weight is 436 g/mol. The first-order chi connectivity index (χ1) is 15.4. The SMILES string of the molecule is CCNc1ncc2c(n1)N(C)CCN(c1cccc(C(=NC)N=C(C)C(C)CC)c1)C2=O. The predicted molar refractivity (Wildman–Crippen MR) is 133 cm³/mol. The van der Waals surface area contributed by atoms with Crippen LogP contribution < -0.4 is 15.1 Å². The van der Waals surface area contributed by atoms with Crippen molar-refractivity contribution in [1.29, 1.82) is 0 Å². The van der Waals surface area contributed by atoms with Crippen LogP contribution >= 0.6 is 0 Å². The van der Waals surface area contributed by atoms with E-state index in [1.165, 1.54) is 0 Å². The lowest BCUT2D eigenvalue weighted by atomic mass is 10.0. The number of benzene rings is 1. The number of anilines is 3. The molecule has 1 aliphatic heterocycles. The topological polar surface area (TPSA) is 86.1 Å². The molecule has 0 aliphatic carbocycles. The van der Waals surface area contributed by atoms with Gasteiger partial charge in [0.15, 0.2) is 5.84 Å². The van der Waals surface area contributed by atoms with E-state index in [9.17, 15) is 4.79 Å². The van der Waals surface area contributed by atoms with E-state index in [1.807, 2.05) is 50.1 Å². The van der Waals surface area contributed by atoms with E-state index in [1.54, 1.807) is 18.1 Å². The van der Waals surface area contributed by atoms with Gasteiger partial charge in [-0.3, -0.25) is 9.79 Å². The molecule has 2 aromatic rings. The zero-order chi connectivity index (χ0) is 23.3. The van der Waals surface area contributed by atoms with E-state index in [-0.39, 0.29) is 5.91 Å². The molecule has 0 saturated heterocycles. The van der Waals surface area contributed by atoms with Crippen LogP contribution in [-0.4, -0.2) is 61.2 Å². The highest BCUT2D eigenvalue weighted by molar-refractivity contribution is 6.11. The van der Waals surface area contributed by atoms with Crippen molar-refractivity contribution in [3.8, 4) is 0 Å². The molecule has 0 fully saturated rings. The van der Waals surface area contributed by atoms with E-state index in [2.05, 4.69) is 34.1 Å². The summed E-state index contributed by atoms with van der Waals surface area (Å²) < 4.78 is 0. The Balaban J connectivity index is 1.96. The molecule has 0 bridgehead atoms. The third-order valence-electron chi connectivity index (χ3n) is 5.84. The Morgan fingerprint density at radius 1 is 1.28 bits per heavy atom. The van der Waals surface area contributed by atoms with Gasteiger partial charge < -0.3 is 15.1 Å². The normalized spacial score (nSPS) is 16.0. The molecule has 2 heterocycles. The molecule has 8 heteroatoms. The van der Waals surface area contributed by atoms with Crippen LogP contribution in [0.3, 0.4) is 0 Å². The van der Waals surface area contributed by atoms with Crippen molar-refractivity contribution in [2.75, 3.05) is 48.8 Å². The molecule has 170 valence electrons. The monoisotopic (exact) mass is 435 g/mol. The highest BCUT2D eigenvalue weighted by Crippen LogP contribution is 2.27. The maximum atomic E-state index is 13.4. The second-order valence-corrected chi connectivity index (χ2v) is 8.00. The Hall–Kier alpha value is -3.29. The maximum Gasteiger partial charge on any atom is 0.263 e. The molecule has 32 heavy (non-hydrogen) atoms. The van der Waals surface area contributed by atoms with Gasteiger partial charge in [-0.2, -0.15) is 4.98 Å². The molecule has 8 nitrogen and oxygen atoms in total. The number of aromatic nitrogens is 2. The summed E-state index contributed by atoms with van der Waals surface area (Å²) in [5.74, 6) is 2.12. The summed E-state index contributed by atoms with van der Waals surface area (Å²) in [5, 5.41) is 3.11. The lowest BCUT2D eigenvalue weighted by Gasteiger charge is -2.21. The number of aliphatic imine (C=N–C) groups is 2. The Kier molecular flexibility index (Phi) is 7.56. The van der Waals surface area contributed by atoms with Crippen molar-refractivity contribution in [2.45, 2.75) is 34.1 Å². The lowest BCUT2D eigenvalue weighted by Crippen LogP contribution is -2.33. The van der Waals surface area contributed by atoms with Gasteiger partial charge in [-0.25, -0.2) is 9.98 Å². The van der Waals surface area contributed by atoms with Gasteiger partial charge in [-0.05, 0) is 38.3 Å². The number of amidine groups is 1. The zero-order valence-corrected chi connectivity index (χ0v) is 19.9. The number of hydrogen-bond donors (Lipinski definition) is 1. The minimum Gasteiger partial charge on any atom is -0.357 e. The van der Waals surface area contributed by atoms with E-state index in [0.717, 1.165) is 29.9 Å². The minimum absolute atomic E-state index is 0.112. The van der Waals surface area contributed by atoms with Crippen LogP contribution in [0.2, 0.25) is 0 Å². The molecule has 1 atom stereocenters. The lowest BCUT2D eigenvalue weighted by molar-refractivity contribution is 0.0989. The average Bonchev–Trinajstić information content (AvgIpc) is 2.93. The number of amides is 1. The number of nitrogens with zero attached hydrogens (tertiary/aromatic N) is 6. The van der Waals surface area contributed by atoms with E-state index in [4.69, 9.17) is 4.99 Å². The quantitative estimate of drug-likeness (QED) is 0.550. The summed E-state index contributed by atoms with van der Waals surface area (Å²) in [5.41, 5.74) is 3.24. The number of carbonyl (C=O) groups is 1. The number of hydrogen-bond acceptors (Lipinski definition) is 6. The van der Waals surface area contributed by atoms with Crippen molar-refractivity contribution in [2.24, 2.45) is 15.9 Å².